The van der Waals surface area contributed by atoms with E-state index in [1.165, 1.54) is 12.8 Å². The molecule has 0 bridgehead atoms. The lowest BCUT2D eigenvalue weighted by Crippen LogP contribution is -2.43. The smallest absolute Gasteiger partial charge is 0.347 e. The third-order valence-electron chi connectivity index (χ3n) is 4.49. The van der Waals surface area contributed by atoms with Crippen LogP contribution in [0.2, 0.25) is 0 Å². The Bertz CT molecular complexity index is 643. The molecule has 0 saturated heterocycles. The number of nitriles is 1. The molecule has 26 heavy (non-hydrogen) atoms. The number of esters is 1. The summed E-state index contributed by atoms with van der Waals surface area (Å²) >= 11 is 0. The van der Waals surface area contributed by atoms with Gasteiger partial charge >= 0.3 is 5.97 Å². The van der Waals surface area contributed by atoms with Crippen LogP contribution in [0.15, 0.2) is 24.3 Å². The van der Waals surface area contributed by atoms with Crippen molar-refractivity contribution in [1.82, 2.24) is 5.32 Å². The van der Waals surface area contributed by atoms with Gasteiger partial charge in [-0.3, -0.25) is 4.79 Å². The van der Waals surface area contributed by atoms with Gasteiger partial charge in [0.25, 0.3) is 5.91 Å². The Morgan fingerprint density at radius 1 is 1.08 bits per heavy atom. The molecule has 1 aromatic carbocycles. The molecule has 0 heterocycles. The summed E-state index contributed by atoms with van der Waals surface area (Å²) < 4.78 is 10.7. The molecule has 1 aliphatic carbocycles. The summed E-state index contributed by atoms with van der Waals surface area (Å²) in [6.45, 7) is 3.13. The third kappa shape index (κ3) is 6.07. The summed E-state index contributed by atoms with van der Waals surface area (Å²) in [5, 5.41) is 11.8. The number of carbonyl (C=O) groups is 2. The van der Waals surface area contributed by atoms with Crippen LogP contribution in [-0.2, 0) is 14.3 Å². The summed E-state index contributed by atoms with van der Waals surface area (Å²) in [7, 11) is 0. The van der Waals surface area contributed by atoms with E-state index in [4.69, 9.17) is 14.7 Å². The van der Waals surface area contributed by atoms with E-state index in [1.807, 2.05) is 6.07 Å². The van der Waals surface area contributed by atoms with Gasteiger partial charge in [0.1, 0.15) is 5.75 Å². The van der Waals surface area contributed by atoms with Crippen LogP contribution in [0.3, 0.4) is 0 Å². The molecule has 0 aromatic heterocycles. The molecule has 1 fully saturated rings. The van der Waals surface area contributed by atoms with Crippen LogP contribution in [0.25, 0.3) is 0 Å². The molecule has 0 radical (unpaired) electrons. The minimum atomic E-state index is -0.863. The standard InChI is InChI=1S/C20H26N2O4/c1-14(19(23)22-17-7-5-3-4-6-8-17)26-20(24)15(2)25-18-11-9-16(13-21)10-12-18/h9-12,14-15,17H,3-8H2,1-2H3,(H,22,23)/t14-,15+/m1/s1. The number of ether oxygens (including phenoxy) is 2. The normalized spacial score (nSPS) is 17.3. The molecular formula is C20H26N2O4. The number of hydrogen-bond donors (Lipinski definition) is 1. The second kappa shape index (κ2) is 9.81. The van der Waals surface area contributed by atoms with E-state index in [0.717, 1.165) is 25.7 Å². The zero-order valence-electron chi connectivity index (χ0n) is 15.4. The monoisotopic (exact) mass is 358 g/mol. The maximum Gasteiger partial charge on any atom is 0.347 e. The van der Waals surface area contributed by atoms with E-state index in [9.17, 15) is 9.59 Å². The highest BCUT2D eigenvalue weighted by Gasteiger charge is 2.25. The number of nitrogens with zero attached hydrogens (tertiary/aromatic N) is 1. The largest absolute Gasteiger partial charge is 0.479 e. The molecule has 0 aliphatic heterocycles. The predicted octanol–water partition coefficient (Wildman–Crippen LogP) is 3.10. The fourth-order valence-corrected chi connectivity index (χ4v) is 2.93. The molecule has 1 aliphatic rings. The molecule has 6 nitrogen and oxygen atoms in total. The number of nitrogens with one attached hydrogen (secondary N) is 1. The lowest BCUT2D eigenvalue weighted by Gasteiger charge is -2.21. The van der Waals surface area contributed by atoms with Gasteiger partial charge in [0.15, 0.2) is 12.2 Å². The molecule has 0 unspecified atom stereocenters. The molecule has 2 rings (SSSR count). The number of benzene rings is 1. The Balaban J connectivity index is 1.80. The van der Waals surface area contributed by atoms with Crippen LogP contribution in [-0.4, -0.2) is 30.1 Å². The Kier molecular flexibility index (Phi) is 7.46. The number of carbonyl (C=O) groups excluding carboxylic acids is 2. The topological polar surface area (TPSA) is 88.4 Å². The van der Waals surface area contributed by atoms with Gasteiger partial charge < -0.3 is 14.8 Å². The van der Waals surface area contributed by atoms with E-state index in [2.05, 4.69) is 5.32 Å². The van der Waals surface area contributed by atoms with Gasteiger partial charge in [0.05, 0.1) is 11.6 Å². The van der Waals surface area contributed by atoms with Crippen LogP contribution in [0.4, 0.5) is 0 Å². The Hall–Kier alpha value is -2.55. The van der Waals surface area contributed by atoms with Gasteiger partial charge in [-0.1, -0.05) is 25.7 Å². The van der Waals surface area contributed by atoms with Crippen LogP contribution in [0.1, 0.15) is 57.9 Å². The van der Waals surface area contributed by atoms with Crippen molar-refractivity contribution in [3.8, 4) is 11.8 Å². The van der Waals surface area contributed by atoms with E-state index < -0.39 is 18.2 Å². The van der Waals surface area contributed by atoms with Crippen molar-refractivity contribution < 1.29 is 19.1 Å². The average molecular weight is 358 g/mol. The van der Waals surface area contributed by atoms with E-state index in [1.54, 1.807) is 38.1 Å². The van der Waals surface area contributed by atoms with Crippen LogP contribution >= 0.6 is 0 Å². The molecule has 1 saturated carbocycles. The van der Waals surface area contributed by atoms with Gasteiger partial charge in [-0.25, -0.2) is 4.79 Å². The summed E-state index contributed by atoms with van der Waals surface area (Å²) in [5.41, 5.74) is 0.511. The highest BCUT2D eigenvalue weighted by molar-refractivity contribution is 5.84. The first-order valence-electron chi connectivity index (χ1n) is 9.17. The average Bonchev–Trinajstić information content (AvgIpc) is 2.90. The zero-order chi connectivity index (χ0) is 18.9. The maximum atomic E-state index is 12.3. The highest BCUT2D eigenvalue weighted by Crippen LogP contribution is 2.18. The van der Waals surface area contributed by atoms with Crippen molar-refractivity contribution >= 4 is 11.9 Å². The number of rotatable bonds is 6. The quantitative estimate of drug-likeness (QED) is 0.623. The van der Waals surface area contributed by atoms with Crippen molar-refractivity contribution in [2.24, 2.45) is 0 Å². The number of hydrogen-bond acceptors (Lipinski definition) is 5. The van der Waals surface area contributed by atoms with Crippen LogP contribution < -0.4 is 10.1 Å². The van der Waals surface area contributed by atoms with Crippen molar-refractivity contribution in [1.29, 1.82) is 5.26 Å². The molecule has 6 heteroatoms. The second-order valence-electron chi connectivity index (χ2n) is 6.67. The highest BCUT2D eigenvalue weighted by atomic mass is 16.6. The van der Waals surface area contributed by atoms with Crippen LogP contribution in [0.5, 0.6) is 5.75 Å². The minimum Gasteiger partial charge on any atom is -0.479 e. The van der Waals surface area contributed by atoms with Gasteiger partial charge in [-0.05, 0) is 51.0 Å². The Morgan fingerprint density at radius 2 is 1.69 bits per heavy atom. The van der Waals surface area contributed by atoms with Crippen molar-refractivity contribution in [3.63, 3.8) is 0 Å². The lowest BCUT2D eigenvalue weighted by atomic mass is 10.1. The maximum absolute atomic E-state index is 12.3. The zero-order valence-corrected chi connectivity index (χ0v) is 15.4. The first-order chi connectivity index (χ1) is 12.5. The molecule has 0 spiro atoms. The fraction of sp³-hybridized carbons (Fsp3) is 0.550. The first kappa shape index (κ1) is 19.8. The van der Waals surface area contributed by atoms with E-state index >= 15 is 0 Å². The molecular weight excluding hydrogens is 332 g/mol. The first-order valence-corrected chi connectivity index (χ1v) is 9.17. The van der Waals surface area contributed by atoms with E-state index in [0.29, 0.717) is 11.3 Å². The van der Waals surface area contributed by atoms with Gasteiger partial charge in [0, 0.05) is 6.04 Å². The minimum absolute atomic E-state index is 0.165. The van der Waals surface area contributed by atoms with E-state index in [-0.39, 0.29) is 11.9 Å². The number of amides is 1. The summed E-state index contributed by atoms with van der Waals surface area (Å²) in [4.78, 5) is 24.4. The van der Waals surface area contributed by atoms with Crippen molar-refractivity contribution in [3.05, 3.63) is 29.8 Å². The van der Waals surface area contributed by atoms with Crippen molar-refractivity contribution in [2.75, 3.05) is 0 Å². The lowest BCUT2D eigenvalue weighted by molar-refractivity contribution is -0.161. The third-order valence-corrected chi connectivity index (χ3v) is 4.49. The Labute approximate surface area is 154 Å². The molecule has 1 amide bonds. The predicted molar refractivity (Wildman–Crippen MR) is 96.4 cm³/mol. The van der Waals surface area contributed by atoms with Crippen LogP contribution in [0, 0.1) is 11.3 Å². The molecule has 140 valence electrons. The molecule has 1 N–H and O–H groups in total. The summed E-state index contributed by atoms with van der Waals surface area (Å²) in [6, 6.07) is 8.63. The van der Waals surface area contributed by atoms with Gasteiger partial charge in [-0.15, -0.1) is 0 Å². The van der Waals surface area contributed by atoms with Gasteiger partial charge in [-0.2, -0.15) is 5.26 Å². The van der Waals surface area contributed by atoms with Crippen molar-refractivity contribution in [2.45, 2.75) is 70.6 Å². The summed E-state index contributed by atoms with van der Waals surface area (Å²) in [6.07, 6.45) is 4.90. The molecule has 2 atom stereocenters. The fourth-order valence-electron chi connectivity index (χ4n) is 2.93. The van der Waals surface area contributed by atoms with Gasteiger partial charge in [0.2, 0.25) is 0 Å². The second-order valence-corrected chi connectivity index (χ2v) is 6.67. The SMILES string of the molecule is C[C@H](Oc1ccc(C#N)cc1)C(=O)O[C@H](C)C(=O)NC1CCCCCC1. The molecule has 1 aromatic rings. The Morgan fingerprint density at radius 3 is 2.27 bits per heavy atom. The summed E-state index contributed by atoms with van der Waals surface area (Å²) in [5.74, 6) is -0.405.